The average molecular weight is 382 g/mol. The molecule has 0 spiro atoms. The number of rotatable bonds is 7. The Balaban J connectivity index is 1.75. The summed E-state index contributed by atoms with van der Waals surface area (Å²) in [7, 11) is 1.61. The van der Waals surface area contributed by atoms with E-state index in [9.17, 15) is 9.59 Å². The summed E-state index contributed by atoms with van der Waals surface area (Å²) >= 11 is 0. The van der Waals surface area contributed by atoms with Crippen LogP contribution in [0.4, 0.5) is 0 Å². The molecule has 0 aromatic heterocycles. The van der Waals surface area contributed by atoms with Gasteiger partial charge in [0.1, 0.15) is 17.5 Å². The quantitative estimate of drug-likeness (QED) is 0.800. The Kier molecular flexibility index (Phi) is 6.89. The number of para-hydroxylation sites is 1. The van der Waals surface area contributed by atoms with E-state index < -0.39 is 6.04 Å². The van der Waals surface area contributed by atoms with Crippen molar-refractivity contribution in [1.82, 2.24) is 10.2 Å². The first-order valence-corrected chi connectivity index (χ1v) is 9.55. The van der Waals surface area contributed by atoms with Crippen LogP contribution >= 0.6 is 0 Å². The first-order valence-electron chi connectivity index (χ1n) is 9.55. The molecular formula is C22H26N2O4. The first-order chi connectivity index (χ1) is 13.7. The van der Waals surface area contributed by atoms with E-state index in [1.807, 2.05) is 42.5 Å². The third-order valence-electron chi connectivity index (χ3n) is 4.82. The number of hydrogen-bond acceptors (Lipinski definition) is 4. The number of carbonyl (C=O) groups is 2. The van der Waals surface area contributed by atoms with Crippen molar-refractivity contribution >= 4 is 11.8 Å². The van der Waals surface area contributed by atoms with Gasteiger partial charge < -0.3 is 19.7 Å². The highest BCUT2D eigenvalue weighted by Crippen LogP contribution is 2.19. The Morgan fingerprint density at radius 3 is 2.54 bits per heavy atom. The average Bonchev–Trinajstić information content (AvgIpc) is 2.95. The zero-order valence-electron chi connectivity index (χ0n) is 16.1. The maximum atomic E-state index is 13.0. The Labute approximate surface area is 165 Å². The van der Waals surface area contributed by atoms with Crippen molar-refractivity contribution in [3.63, 3.8) is 0 Å². The molecule has 1 aliphatic rings. The summed E-state index contributed by atoms with van der Waals surface area (Å²) in [6.45, 7) is 0.892. The molecular weight excluding hydrogens is 356 g/mol. The molecule has 2 aromatic carbocycles. The lowest BCUT2D eigenvalue weighted by atomic mass is 10.1. The predicted molar refractivity (Wildman–Crippen MR) is 106 cm³/mol. The topological polar surface area (TPSA) is 67.9 Å². The van der Waals surface area contributed by atoms with Gasteiger partial charge in [0.2, 0.25) is 5.91 Å². The predicted octanol–water partition coefficient (Wildman–Crippen LogP) is 2.77. The first kappa shape index (κ1) is 19.7. The summed E-state index contributed by atoms with van der Waals surface area (Å²) in [6, 6.07) is 16.2. The number of carbonyl (C=O) groups excluding carboxylic acids is 2. The zero-order chi connectivity index (χ0) is 19.8. The lowest BCUT2D eigenvalue weighted by Gasteiger charge is -2.30. The van der Waals surface area contributed by atoms with Crippen molar-refractivity contribution in [3.05, 3.63) is 60.2 Å². The molecule has 6 nitrogen and oxygen atoms in total. The highest BCUT2D eigenvalue weighted by atomic mass is 16.5. The Morgan fingerprint density at radius 2 is 1.82 bits per heavy atom. The molecule has 148 valence electrons. The van der Waals surface area contributed by atoms with Crippen molar-refractivity contribution in [1.29, 1.82) is 0 Å². The summed E-state index contributed by atoms with van der Waals surface area (Å²) in [5.41, 5.74) is 0.936. The summed E-state index contributed by atoms with van der Waals surface area (Å²) in [6.07, 6.45) is 2.47. The maximum absolute atomic E-state index is 13.0. The Hall–Kier alpha value is -3.02. The number of nitrogens with one attached hydrogen (secondary N) is 1. The van der Waals surface area contributed by atoms with Gasteiger partial charge in [-0.3, -0.25) is 9.59 Å². The second kappa shape index (κ2) is 9.78. The second-order valence-electron chi connectivity index (χ2n) is 6.77. The van der Waals surface area contributed by atoms with Gasteiger partial charge in [0, 0.05) is 13.1 Å². The number of hydrogen-bond donors (Lipinski definition) is 1. The number of amides is 2. The van der Waals surface area contributed by atoms with E-state index in [-0.39, 0.29) is 18.4 Å². The van der Waals surface area contributed by atoms with Gasteiger partial charge in [0.15, 0.2) is 6.61 Å². The van der Waals surface area contributed by atoms with E-state index in [0.29, 0.717) is 25.3 Å². The normalized spacial score (nSPS) is 16.6. The molecule has 2 amide bonds. The van der Waals surface area contributed by atoms with Crippen molar-refractivity contribution in [2.75, 3.05) is 20.3 Å². The van der Waals surface area contributed by atoms with Crippen LogP contribution in [0.25, 0.3) is 0 Å². The fraction of sp³-hybridized carbons (Fsp3) is 0.364. The summed E-state index contributed by atoms with van der Waals surface area (Å²) in [5.74, 6) is 1.08. The van der Waals surface area contributed by atoms with Crippen molar-refractivity contribution in [2.45, 2.75) is 31.8 Å². The highest BCUT2D eigenvalue weighted by molar-refractivity contribution is 5.88. The molecule has 28 heavy (non-hydrogen) atoms. The molecule has 0 radical (unpaired) electrons. The van der Waals surface area contributed by atoms with Crippen LogP contribution in [0.15, 0.2) is 54.6 Å². The van der Waals surface area contributed by atoms with E-state index in [1.165, 1.54) is 0 Å². The van der Waals surface area contributed by atoms with Gasteiger partial charge in [-0.1, -0.05) is 30.3 Å². The highest BCUT2D eigenvalue weighted by Gasteiger charge is 2.31. The van der Waals surface area contributed by atoms with Crippen LogP contribution in [0.2, 0.25) is 0 Å². The SMILES string of the molecule is COc1ccc(CN(C(=O)COc2ccccc2)[C@H]2CCCCNC2=O)cc1. The van der Waals surface area contributed by atoms with E-state index in [4.69, 9.17) is 9.47 Å². The van der Waals surface area contributed by atoms with Crippen LogP contribution in [0, 0.1) is 0 Å². The molecule has 0 unspecified atom stereocenters. The fourth-order valence-corrected chi connectivity index (χ4v) is 3.27. The third-order valence-corrected chi connectivity index (χ3v) is 4.82. The minimum absolute atomic E-state index is 0.0981. The number of methoxy groups -OCH3 is 1. The van der Waals surface area contributed by atoms with Gasteiger partial charge in [-0.25, -0.2) is 0 Å². The van der Waals surface area contributed by atoms with Crippen molar-refractivity contribution in [2.24, 2.45) is 0 Å². The number of benzene rings is 2. The van der Waals surface area contributed by atoms with E-state index in [0.717, 1.165) is 24.2 Å². The minimum atomic E-state index is -0.489. The standard InChI is InChI=1S/C22H26N2O4/c1-27-18-12-10-17(11-13-18)15-24(20-9-5-6-14-23-22(20)26)21(25)16-28-19-7-3-2-4-8-19/h2-4,7-8,10-13,20H,5-6,9,14-16H2,1H3,(H,23,26)/t20-/m0/s1. The summed E-state index contributed by atoms with van der Waals surface area (Å²) in [5, 5.41) is 2.91. The molecule has 2 aromatic rings. The molecule has 0 aliphatic carbocycles. The number of nitrogens with zero attached hydrogens (tertiary/aromatic N) is 1. The zero-order valence-corrected chi connectivity index (χ0v) is 16.1. The third kappa shape index (κ3) is 5.25. The molecule has 6 heteroatoms. The van der Waals surface area contributed by atoms with E-state index >= 15 is 0 Å². The molecule has 1 atom stereocenters. The molecule has 3 rings (SSSR count). The van der Waals surface area contributed by atoms with Crippen molar-refractivity contribution < 1.29 is 19.1 Å². The summed E-state index contributed by atoms with van der Waals surface area (Å²) < 4.78 is 10.8. The molecule has 1 aliphatic heterocycles. The minimum Gasteiger partial charge on any atom is -0.497 e. The second-order valence-corrected chi connectivity index (χ2v) is 6.77. The Bertz CT molecular complexity index is 777. The van der Waals surface area contributed by atoms with Crippen LogP contribution in [0.5, 0.6) is 11.5 Å². The fourth-order valence-electron chi connectivity index (χ4n) is 3.27. The molecule has 0 saturated carbocycles. The molecule has 1 saturated heterocycles. The monoisotopic (exact) mass is 382 g/mol. The number of ether oxygens (including phenoxy) is 2. The molecule has 1 heterocycles. The Morgan fingerprint density at radius 1 is 1.07 bits per heavy atom. The van der Waals surface area contributed by atoms with E-state index in [1.54, 1.807) is 24.1 Å². The largest absolute Gasteiger partial charge is 0.497 e. The smallest absolute Gasteiger partial charge is 0.261 e. The molecule has 1 N–H and O–H groups in total. The molecule has 1 fully saturated rings. The van der Waals surface area contributed by atoms with Gasteiger partial charge in [-0.15, -0.1) is 0 Å². The van der Waals surface area contributed by atoms with Crippen molar-refractivity contribution in [3.8, 4) is 11.5 Å². The van der Waals surface area contributed by atoms with Gasteiger partial charge in [0.05, 0.1) is 7.11 Å². The van der Waals surface area contributed by atoms with Crippen LogP contribution in [-0.2, 0) is 16.1 Å². The van der Waals surface area contributed by atoms with Crippen LogP contribution in [0.1, 0.15) is 24.8 Å². The molecule has 0 bridgehead atoms. The lowest BCUT2D eigenvalue weighted by Crippen LogP contribution is -2.49. The van der Waals surface area contributed by atoms with Crippen LogP contribution < -0.4 is 14.8 Å². The maximum Gasteiger partial charge on any atom is 0.261 e. The lowest BCUT2D eigenvalue weighted by molar-refractivity contribution is -0.142. The summed E-state index contributed by atoms with van der Waals surface area (Å²) in [4.78, 5) is 27.2. The van der Waals surface area contributed by atoms with Gasteiger partial charge in [-0.2, -0.15) is 0 Å². The van der Waals surface area contributed by atoms with Gasteiger partial charge in [-0.05, 0) is 49.1 Å². The van der Waals surface area contributed by atoms with Crippen LogP contribution in [-0.4, -0.2) is 43.0 Å². The van der Waals surface area contributed by atoms with Gasteiger partial charge >= 0.3 is 0 Å². The van der Waals surface area contributed by atoms with Gasteiger partial charge in [0.25, 0.3) is 5.91 Å². The van der Waals surface area contributed by atoms with E-state index in [2.05, 4.69) is 5.32 Å². The van der Waals surface area contributed by atoms with Crippen LogP contribution in [0.3, 0.4) is 0 Å².